The van der Waals surface area contributed by atoms with Gasteiger partial charge in [0.2, 0.25) is 0 Å². The van der Waals surface area contributed by atoms with E-state index in [1.54, 1.807) is 60.7 Å². The molecule has 0 saturated carbocycles. The molecule has 0 atom stereocenters. The summed E-state index contributed by atoms with van der Waals surface area (Å²) in [5.74, 6) is -4.16. The Morgan fingerprint density at radius 3 is 1.71 bits per heavy atom. The third-order valence-electron chi connectivity index (χ3n) is 5.47. The van der Waals surface area contributed by atoms with Crippen molar-refractivity contribution < 1.29 is 23.9 Å². The van der Waals surface area contributed by atoms with Gasteiger partial charge in [0.1, 0.15) is 0 Å². The maximum absolute atomic E-state index is 13.9. The molecule has 0 N–H and O–H groups in total. The van der Waals surface area contributed by atoms with E-state index in [9.17, 15) is 19.2 Å². The van der Waals surface area contributed by atoms with Crippen LogP contribution in [0.25, 0.3) is 10.8 Å². The van der Waals surface area contributed by atoms with Crippen LogP contribution in [0.1, 0.15) is 20.7 Å². The van der Waals surface area contributed by atoms with Crippen LogP contribution in [-0.2, 0) is 9.53 Å². The molecule has 0 aromatic heterocycles. The lowest BCUT2D eigenvalue weighted by atomic mass is 9.88. The fraction of sp³-hybridized carbons (Fsp3) is 0.0714. The van der Waals surface area contributed by atoms with Gasteiger partial charge in [0.25, 0.3) is 5.91 Å². The van der Waals surface area contributed by atoms with Crippen molar-refractivity contribution in [3.05, 3.63) is 114 Å². The van der Waals surface area contributed by atoms with Crippen molar-refractivity contribution in [1.82, 2.24) is 0 Å². The number of methoxy groups -OCH3 is 1. The largest absolute Gasteiger partial charge is 0.452 e. The van der Waals surface area contributed by atoms with E-state index >= 15 is 0 Å². The summed E-state index contributed by atoms with van der Waals surface area (Å²) in [5, 5.41) is 1.38. The Kier molecular flexibility index (Phi) is 6.59. The van der Waals surface area contributed by atoms with Crippen LogP contribution in [0.15, 0.2) is 103 Å². The summed E-state index contributed by atoms with van der Waals surface area (Å²) in [6.45, 7) is 0. The molecule has 4 aromatic rings. The van der Waals surface area contributed by atoms with Gasteiger partial charge in [-0.25, -0.2) is 9.69 Å². The van der Waals surface area contributed by atoms with Crippen molar-refractivity contribution in [2.45, 2.75) is 0 Å². The Morgan fingerprint density at radius 2 is 1.15 bits per heavy atom. The van der Waals surface area contributed by atoms with Gasteiger partial charge in [-0.3, -0.25) is 14.4 Å². The number of rotatable bonds is 6. The predicted molar refractivity (Wildman–Crippen MR) is 129 cm³/mol. The van der Waals surface area contributed by atoms with Gasteiger partial charge < -0.3 is 4.74 Å². The van der Waals surface area contributed by atoms with E-state index in [2.05, 4.69) is 0 Å². The Balaban J connectivity index is 1.87. The molecule has 0 aliphatic rings. The SMILES string of the molecule is COC(=O)N(C(=O)C(C(=O)c1ccccc1)C(=O)c1ccccc1)c1cccc2ccccc12. The second-order valence-corrected chi connectivity index (χ2v) is 7.54. The number of anilines is 1. The predicted octanol–water partition coefficient (Wildman–Crippen LogP) is 5.32. The van der Waals surface area contributed by atoms with E-state index in [0.717, 1.165) is 17.4 Å². The second-order valence-electron chi connectivity index (χ2n) is 7.54. The van der Waals surface area contributed by atoms with Crippen LogP contribution in [0.3, 0.4) is 0 Å². The van der Waals surface area contributed by atoms with Crippen LogP contribution >= 0.6 is 0 Å². The van der Waals surface area contributed by atoms with Gasteiger partial charge in [0.05, 0.1) is 12.8 Å². The number of nitrogens with zero attached hydrogens (tertiary/aromatic N) is 1. The zero-order valence-electron chi connectivity index (χ0n) is 18.4. The standard InChI is InChI=1S/C28H21NO5/c1-34-28(33)29(23-18-10-16-19-11-8-9-17-22(19)23)27(32)24(25(30)20-12-4-2-5-13-20)26(31)21-14-6-3-7-15-21/h2-18,24H,1H3. The molecule has 6 nitrogen and oxygen atoms in total. The van der Waals surface area contributed by atoms with Crippen molar-refractivity contribution in [2.24, 2.45) is 5.92 Å². The van der Waals surface area contributed by atoms with E-state index in [0.29, 0.717) is 5.39 Å². The monoisotopic (exact) mass is 451 g/mol. The van der Waals surface area contributed by atoms with Gasteiger partial charge in [-0.2, -0.15) is 0 Å². The molecule has 0 bridgehead atoms. The number of Topliss-reactive ketones (excluding diaryl/α,β-unsaturated/α-hetero) is 2. The minimum Gasteiger partial charge on any atom is -0.452 e. The Labute approximate surface area is 196 Å². The van der Waals surface area contributed by atoms with Gasteiger partial charge in [-0.15, -0.1) is 0 Å². The highest BCUT2D eigenvalue weighted by Crippen LogP contribution is 2.30. The molecule has 0 spiro atoms. The lowest BCUT2D eigenvalue weighted by molar-refractivity contribution is -0.119. The fourth-order valence-corrected chi connectivity index (χ4v) is 3.81. The normalized spacial score (nSPS) is 10.6. The van der Waals surface area contributed by atoms with Gasteiger partial charge in [0.15, 0.2) is 17.5 Å². The highest BCUT2D eigenvalue weighted by Gasteiger charge is 2.41. The first kappa shape index (κ1) is 22.6. The van der Waals surface area contributed by atoms with Crippen LogP contribution in [-0.4, -0.2) is 30.7 Å². The summed E-state index contributed by atoms with van der Waals surface area (Å²) in [5.41, 5.74) is 0.599. The van der Waals surface area contributed by atoms with E-state index < -0.39 is 29.5 Å². The minimum absolute atomic E-state index is 0.188. The first-order valence-corrected chi connectivity index (χ1v) is 10.6. The van der Waals surface area contributed by atoms with E-state index in [1.807, 2.05) is 18.2 Å². The van der Waals surface area contributed by atoms with Gasteiger partial charge >= 0.3 is 6.09 Å². The minimum atomic E-state index is -1.78. The van der Waals surface area contributed by atoms with Crippen LogP contribution in [0, 0.1) is 5.92 Å². The molecule has 0 heterocycles. The number of carbonyl (C=O) groups excluding carboxylic acids is 4. The van der Waals surface area contributed by atoms with E-state index in [1.165, 1.54) is 24.3 Å². The summed E-state index contributed by atoms with van der Waals surface area (Å²) >= 11 is 0. The third-order valence-corrected chi connectivity index (χ3v) is 5.47. The number of fused-ring (bicyclic) bond motifs is 1. The quantitative estimate of drug-likeness (QED) is 0.293. The Hall–Kier alpha value is -4.58. The van der Waals surface area contributed by atoms with Crippen LogP contribution in [0.5, 0.6) is 0 Å². The highest BCUT2D eigenvalue weighted by molar-refractivity contribution is 6.34. The first-order valence-electron chi connectivity index (χ1n) is 10.6. The average molecular weight is 451 g/mol. The number of hydrogen-bond donors (Lipinski definition) is 0. The van der Waals surface area contributed by atoms with Crippen molar-refractivity contribution in [2.75, 3.05) is 12.0 Å². The number of ether oxygens (including phenoxy) is 1. The first-order chi connectivity index (χ1) is 16.5. The van der Waals surface area contributed by atoms with Crippen molar-refractivity contribution >= 4 is 40.0 Å². The van der Waals surface area contributed by atoms with Gasteiger partial charge in [0, 0.05) is 16.5 Å². The molecule has 2 amide bonds. The lowest BCUT2D eigenvalue weighted by Crippen LogP contribution is -2.46. The van der Waals surface area contributed by atoms with Crippen LogP contribution < -0.4 is 4.90 Å². The molecule has 0 aliphatic heterocycles. The van der Waals surface area contributed by atoms with E-state index in [-0.39, 0.29) is 16.8 Å². The summed E-state index contributed by atoms with van der Waals surface area (Å²) in [7, 11) is 1.14. The van der Waals surface area contributed by atoms with Gasteiger partial charge in [-0.1, -0.05) is 97.1 Å². The molecular formula is C28H21NO5. The summed E-state index contributed by atoms with van der Waals surface area (Å²) in [6, 6.07) is 28.4. The molecule has 0 saturated heterocycles. The van der Waals surface area contributed by atoms with Crippen molar-refractivity contribution in [1.29, 1.82) is 0 Å². The molecule has 4 aromatic carbocycles. The lowest BCUT2D eigenvalue weighted by Gasteiger charge is -2.25. The van der Waals surface area contributed by atoms with E-state index in [4.69, 9.17) is 4.74 Å². The summed E-state index contributed by atoms with van der Waals surface area (Å²) < 4.78 is 4.90. The Morgan fingerprint density at radius 1 is 0.647 bits per heavy atom. The topological polar surface area (TPSA) is 80.8 Å². The summed E-state index contributed by atoms with van der Waals surface area (Å²) in [6.07, 6.45) is -0.993. The number of carbonyl (C=O) groups is 4. The highest BCUT2D eigenvalue weighted by atomic mass is 16.5. The molecule has 0 aliphatic carbocycles. The number of amides is 2. The zero-order chi connectivity index (χ0) is 24.1. The number of benzene rings is 4. The number of hydrogen-bond acceptors (Lipinski definition) is 5. The van der Waals surface area contributed by atoms with Gasteiger partial charge in [-0.05, 0) is 11.5 Å². The van der Waals surface area contributed by atoms with Crippen LogP contribution in [0.4, 0.5) is 10.5 Å². The van der Waals surface area contributed by atoms with Crippen molar-refractivity contribution in [3.63, 3.8) is 0 Å². The zero-order valence-corrected chi connectivity index (χ0v) is 18.4. The number of imide groups is 1. The molecule has 34 heavy (non-hydrogen) atoms. The summed E-state index contributed by atoms with van der Waals surface area (Å²) in [4.78, 5) is 54.5. The molecule has 168 valence electrons. The molecule has 6 heteroatoms. The average Bonchev–Trinajstić information content (AvgIpc) is 2.89. The molecule has 0 fully saturated rings. The second kappa shape index (κ2) is 9.92. The molecule has 4 rings (SSSR count). The molecule has 0 radical (unpaired) electrons. The fourth-order valence-electron chi connectivity index (χ4n) is 3.81. The molecular weight excluding hydrogens is 430 g/mol. The maximum Gasteiger partial charge on any atom is 0.420 e. The molecule has 0 unspecified atom stereocenters. The number of ketones is 2. The Bertz CT molecular complexity index is 1310. The maximum atomic E-state index is 13.9. The van der Waals surface area contributed by atoms with Crippen LogP contribution in [0.2, 0.25) is 0 Å². The van der Waals surface area contributed by atoms with Crippen molar-refractivity contribution in [3.8, 4) is 0 Å². The smallest absolute Gasteiger partial charge is 0.420 e. The third kappa shape index (κ3) is 4.34.